The molecule has 0 aromatic carbocycles. The molecule has 0 atom stereocenters. The Labute approximate surface area is 263 Å². The van der Waals surface area contributed by atoms with E-state index in [0.717, 1.165) is 17.7 Å². The first-order chi connectivity index (χ1) is 20.3. The summed E-state index contributed by atoms with van der Waals surface area (Å²) in [7, 11) is 0. The van der Waals surface area contributed by atoms with Crippen LogP contribution in [0, 0.1) is 0 Å². The molecule has 0 N–H and O–H groups in total. The van der Waals surface area contributed by atoms with Crippen molar-refractivity contribution in [1.82, 2.24) is 0 Å². The van der Waals surface area contributed by atoms with E-state index in [-0.39, 0.29) is 26.4 Å². The van der Waals surface area contributed by atoms with Gasteiger partial charge in [0.25, 0.3) is 0 Å². The number of fused-ring (bicyclic) bond motifs is 3. The first-order valence-electron chi connectivity index (χ1n) is 16.6. The van der Waals surface area contributed by atoms with Crippen molar-refractivity contribution in [2.75, 3.05) is 26.4 Å². The van der Waals surface area contributed by atoms with Gasteiger partial charge in [0.1, 0.15) is 0 Å². The number of halogens is 2. The van der Waals surface area contributed by atoms with Crippen molar-refractivity contribution in [3.63, 3.8) is 0 Å². The quantitative estimate of drug-likeness (QED) is 0.127. The maximum absolute atomic E-state index is 16.2. The fourth-order valence-electron chi connectivity index (χ4n) is 7.11. The van der Waals surface area contributed by atoms with E-state index in [9.17, 15) is 0 Å². The van der Waals surface area contributed by atoms with E-state index < -0.39 is 35.9 Å². The van der Waals surface area contributed by atoms with E-state index in [1.165, 1.54) is 92.9 Å². The van der Waals surface area contributed by atoms with Crippen LogP contribution in [-0.4, -0.2) is 50.7 Å². The van der Waals surface area contributed by atoms with Crippen LogP contribution < -0.4 is 2.89 Å². The molecule has 5 rings (SSSR count). The Morgan fingerprint density at radius 1 is 0.690 bits per heavy atom. The second-order valence-corrected chi connectivity index (χ2v) is 28.7. The van der Waals surface area contributed by atoms with Gasteiger partial charge in [-0.25, -0.2) is 0 Å². The summed E-state index contributed by atoms with van der Waals surface area (Å²) in [4.78, 5) is 2.73. The van der Waals surface area contributed by atoms with Crippen molar-refractivity contribution >= 4 is 43.9 Å². The van der Waals surface area contributed by atoms with Gasteiger partial charge in [-0.3, -0.25) is 0 Å². The molecule has 0 radical (unpaired) electrons. The minimum atomic E-state index is -3.47. The van der Waals surface area contributed by atoms with E-state index in [2.05, 4.69) is 33.8 Å². The molecule has 0 bridgehead atoms. The fraction of sp³-hybridized carbons (Fsp3) is 0.758. The van der Waals surface area contributed by atoms with Crippen LogP contribution in [-0.2, 0) is 36.9 Å². The minimum absolute atomic E-state index is 0.130. The van der Waals surface area contributed by atoms with E-state index in [1.54, 1.807) is 2.89 Å². The Balaban J connectivity index is 1.61. The first-order valence-corrected chi connectivity index (χ1v) is 25.7. The molecule has 0 amide bonds. The number of hydrogen-bond donors (Lipinski definition) is 0. The average Bonchev–Trinajstić information content (AvgIpc) is 3.81. The van der Waals surface area contributed by atoms with Crippen molar-refractivity contribution < 1.29 is 27.7 Å². The topological polar surface area (TPSA) is 36.9 Å². The summed E-state index contributed by atoms with van der Waals surface area (Å²) in [5.41, 5.74) is 1.81. The molecule has 2 aliphatic heterocycles. The van der Waals surface area contributed by atoms with Crippen molar-refractivity contribution in [3.05, 3.63) is 28.1 Å². The molecule has 0 saturated carbocycles. The normalized spacial score (nSPS) is 20.3. The Morgan fingerprint density at radius 3 is 1.79 bits per heavy atom. The number of ether oxygens (including phenoxy) is 4. The van der Waals surface area contributed by atoms with Gasteiger partial charge in [0.15, 0.2) is 0 Å². The van der Waals surface area contributed by atoms with E-state index >= 15 is 8.78 Å². The number of rotatable bonds is 16. The van der Waals surface area contributed by atoms with E-state index in [4.69, 9.17) is 18.9 Å². The van der Waals surface area contributed by atoms with E-state index in [0.29, 0.717) is 10.4 Å². The fourth-order valence-corrected chi connectivity index (χ4v) is 29.0. The van der Waals surface area contributed by atoms with Crippen LogP contribution in [0.3, 0.4) is 0 Å². The molecule has 2 aromatic rings. The molecule has 2 aromatic heterocycles. The van der Waals surface area contributed by atoms with Crippen LogP contribution in [0.1, 0.15) is 108 Å². The van der Waals surface area contributed by atoms with Crippen LogP contribution in [0.4, 0.5) is 8.78 Å². The van der Waals surface area contributed by atoms with Gasteiger partial charge in [0.05, 0.1) is 0 Å². The zero-order valence-corrected chi connectivity index (χ0v) is 30.6. The number of hydrogen-bond acceptors (Lipinski definition) is 6. The molecule has 9 heteroatoms. The van der Waals surface area contributed by atoms with Gasteiger partial charge < -0.3 is 0 Å². The summed E-state index contributed by atoms with van der Waals surface area (Å²) >= 11 is 0.735. The molecular weight excluding hydrogens is 681 g/mol. The van der Waals surface area contributed by atoms with Gasteiger partial charge in [0.2, 0.25) is 0 Å². The molecule has 4 heterocycles. The predicted molar refractivity (Wildman–Crippen MR) is 172 cm³/mol. The summed E-state index contributed by atoms with van der Waals surface area (Å²) in [6.45, 7) is 9.75. The third kappa shape index (κ3) is 5.70. The summed E-state index contributed by atoms with van der Waals surface area (Å²) < 4.78 is 61.4. The first kappa shape index (κ1) is 33.3. The van der Waals surface area contributed by atoms with Crippen LogP contribution in [0.2, 0.25) is 13.3 Å². The summed E-state index contributed by atoms with van der Waals surface area (Å²) in [5.74, 6) is -7.75. The molecule has 0 unspecified atom stereocenters. The third-order valence-corrected chi connectivity index (χ3v) is 30.3. The third-order valence-electron chi connectivity index (χ3n) is 9.48. The van der Waals surface area contributed by atoms with Gasteiger partial charge in [0, 0.05) is 0 Å². The van der Waals surface area contributed by atoms with Crippen LogP contribution in [0.15, 0.2) is 12.1 Å². The summed E-state index contributed by atoms with van der Waals surface area (Å²) in [5, 5.41) is 0. The standard InChI is InChI=1S/C21H23F2O4S2.3C4H9.Sn/c1-2-3-4-5-6-14-7-12-28-17(14)16-13-15-18(29-16)20(26-10-11-27-20)21(22,23)19(15)24-8-9-25-19;3*1-3-4-2;/h7,13H,2-6,8-11H2,1H3;3*1,3-4H2,2H3;. The second kappa shape index (κ2) is 14.1. The average molecular weight is 732 g/mol. The van der Waals surface area contributed by atoms with Crippen LogP contribution >= 0.6 is 22.7 Å². The molecule has 2 fully saturated rings. The van der Waals surface area contributed by atoms with Crippen molar-refractivity contribution in [2.24, 2.45) is 0 Å². The molecular formula is C33H50F2O4S2Sn. The zero-order valence-electron chi connectivity index (χ0n) is 26.1. The summed E-state index contributed by atoms with van der Waals surface area (Å²) in [6.07, 6.45) is 13.6. The molecule has 1 aliphatic carbocycles. The monoisotopic (exact) mass is 732 g/mol. The van der Waals surface area contributed by atoms with Crippen molar-refractivity contribution in [1.29, 1.82) is 0 Å². The molecule has 2 saturated heterocycles. The molecule has 3 aliphatic rings. The Bertz CT molecular complexity index is 1100. The Kier molecular flexibility index (Phi) is 11.2. The number of unbranched alkanes of at least 4 members (excludes halogenated alkanes) is 6. The number of alkyl halides is 2. The predicted octanol–water partition coefficient (Wildman–Crippen LogP) is 9.70. The van der Waals surface area contributed by atoms with E-state index in [1.807, 2.05) is 17.4 Å². The zero-order chi connectivity index (χ0) is 29.8. The Morgan fingerprint density at radius 2 is 1.24 bits per heavy atom. The van der Waals surface area contributed by atoms with Gasteiger partial charge in [-0.05, 0) is 0 Å². The van der Waals surface area contributed by atoms with Gasteiger partial charge in [-0.2, -0.15) is 0 Å². The molecule has 42 heavy (non-hydrogen) atoms. The maximum atomic E-state index is 16.2. The number of aryl methyl sites for hydroxylation is 1. The Hall–Kier alpha value is -0.101. The van der Waals surface area contributed by atoms with Crippen LogP contribution in [0.5, 0.6) is 0 Å². The molecule has 4 nitrogen and oxygen atoms in total. The van der Waals surface area contributed by atoms with Gasteiger partial charge in [-0.15, -0.1) is 0 Å². The molecule has 236 valence electrons. The second-order valence-electron chi connectivity index (χ2n) is 12.4. The van der Waals surface area contributed by atoms with Crippen molar-refractivity contribution in [2.45, 2.75) is 129 Å². The van der Waals surface area contributed by atoms with Crippen LogP contribution in [0.25, 0.3) is 9.75 Å². The summed E-state index contributed by atoms with van der Waals surface area (Å²) in [6, 6.07) is 4.53. The van der Waals surface area contributed by atoms with Crippen molar-refractivity contribution in [3.8, 4) is 9.75 Å². The van der Waals surface area contributed by atoms with Gasteiger partial charge >= 0.3 is 265 Å². The molecule has 2 spiro atoms. The number of thiophene rings is 2. The SMILES string of the molecule is CCCCCCc1c[c]([Sn]([CH2]CCC)([CH2]CCC)[CH2]CCC)sc1-c1cc2c(s1)C1(OCCO1)C(F)(F)C21OCCO1. The van der Waals surface area contributed by atoms with Gasteiger partial charge in [-0.1, -0.05) is 0 Å².